The van der Waals surface area contributed by atoms with Crippen molar-refractivity contribution in [1.82, 2.24) is 24.5 Å². The van der Waals surface area contributed by atoms with Crippen molar-refractivity contribution in [3.63, 3.8) is 0 Å². The van der Waals surface area contributed by atoms with Crippen molar-refractivity contribution in [2.75, 3.05) is 13.1 Å². The van der Waals surface area contributed by atoms with Gasteiger partial charge in [0.25, 0.3) is 0 Å². The van der Waals surface area contributed by atoms with E-state index in [-0.39, 0.29) is 5.82 Å². The van der Waals surface area contributed by atoms with Crippen LogP contribution in [0.1, 0.15) is 23.7 Å². The second kappa shape index (κ2) is 7.13. The van der Waals surface area contributed by atoms with Gasteiger partial charge in [-0.2, -0.15) is 5.10 Å². The van der Waals surface area contributed by atoms with Crippen LogP contribution in [0.15, 0.2) is 67.1 Å². The van der Waals surface area contributed by atoms with Crippen LogP contribution >= 0.6 is 0 Å². The molecule has 5 rings (SSSR count). The van der Waals surface area contributed by atoms with Crippen LogP contribution in [0.2, 0.25) is 0 Å². The minimum atomic E-state index is -0.192. The number of fused-ring (bicyclic) bond motifs is 1. The number of halogens is 1. The van der Waals surface area contributed by atoms with E-state index in [4.69, 9.17) is 10.1 Å². The van der Waals surface area contributed by atoms with Crippen molar-refractivity contribution in [2.24, 2.45) is 0 Å². The lowest BCUT2D eigenvalue weighted by Gasteiger charge is -2.15. The maximum atomic E-state index is 13.1. The number of pyridine rings is 2. The summed E-state index contributed by atoms with van der Waals surface area (Å²) in [6, 6.07) is 14.8. The molecule has 1 aliphatic heterocycles. The van der Waals surface area contributed by atoms with Crippen molar-refractivity contribution in [1.29, 1.82) is 0 Å². The van der Waals surface area contributed by atoms with E-state index in [1.807, 2.05) is 47.2 Å². The Morgan fingerprint density at radius 1 is 1.04 bits per heavy atom. The van der Waals surface area contributed by atoms with E-state index in [0.29, 0.717) is 5.92 Å². The van der Waals surface area contributed by atoms with Gasteiger partial charge in [0.1, 0.15) is 5.82 Å². The molecule has 0 aliphatic carbocycles. The molecule has 0 bridgehead atoms. The van der Waals surface area contributed by atoms with Crippen LogP contribution in [0.4, 0.5) is 4.39 Å². The van der Waals surface area contributed by atoms with E-state index < -0.39 is 0 Å². The largest absolute Gasteiger partial charge is 0.298 e. The van der Waals surface area contributed by atoms with Crippen LogP contribution in [0, 0.1) is 5.82 Å². The van der Waals surface area contributed by atoms with Crippen molar-refractivity contribution < 1.29 is 4.39 Å². The Kier molecular flexibility index (Phi) is 4.33. The quantitative estimate of drug-likeness (QED) is 0.544. The van der Waals surface area contributed by atoms with Crippen LogP contribution in [0.3, 0.4) is 0 Å². The molecule has 0 unspecified atom stereocenters. The summed E-state index contributed by atoms with van der Waals surface area (Å²) in [6.07, 6.45) is 6.66. The SMILES string of the molecule is Fc1ccc(CN2CC[C@H](c3nc4ccc(-c5cccnc5)cn4n3)C2)cc1. The molecule has 0 radical (unpaired) electrons. The molecular formula is C22H20FN5. The first-order chi connectivity index (χ1) is 13.7. The normalized spacial score (nSPS) is 17.4. The van der Waals surface area contributed by atoms with Crippen LogP contribution in [-0.4, -0.2) is 37.6 Å². The van der Waals surface area contributed by atoms with E-state index >= 15 is 0 Å². The Bertz CT molecular complexity index is 1090. The van der Waals surface area contributed by atoms with Gasteiger partial charge in [-0.05, 0) is 48.9 Å². The van der Waals surface area contributed by atoms with Crippen LogP contribution in [0.5, 0.6) is 0 Å². The lowest BCUT2D eigenvalue weighted by Crippen LogP contribution is -2.20. The minimum Gasteiger partial charge on any atom is -0.298 e. The minimum absolute atomic E-state index is 0.192. The molecule has 5 nitrogen and oxygen atoms in total. The molecule has 0 N–H and O–H groups in total. The zero-order valence-electron chi connectivity index (χ0n) is 15.4. The molecule has 1 fully saturated rings. The van der Waals surface area contributed by atoms with E-state index in [1.165, 1.54) is 12.1 Å². The first kappa shape index (κ1) is 17.0. The lowest BCUT2D eigenvalue weighted by atomic mass is 10.1. The molecule has 0 amide bonds. The van der Waals surface area contributed by atoms with Crippen molar-refractivity contribution in [3.8, 4) is 11.1 Å². The van der Waals surface area contributed by atoms with Crippen molar-refractivity contribution in [2.45, 2.75) is 18.9 Å². The van der Waals surface area contributed by atoms with E-state index in [2.05, 4.69) is 16.0 Å². The monoisotopic (exact) mass is 373 g/mol. The number of likely N-dealkylation sites (tertiary alicyclic amines) is 1. The molecule has 3 aromatic heterocycles. The number of nitrogens with zero attached hydrogens (tertiary/aromatic N) is 5. The summed E-state index contributed by atoms with van der Waals surface area (Å²) in [4.78, 5) is 11.3. The maximum Gasteiger partial charge on any atom is 0.156 e. The summed E-state index contributed by atoms with van der Waals surface area (Å²) in [5.41, 5.74) is 4.12. The Balaban J connectivity index is 1.33. The molecule has 0 spiro atoms. The third kappa shape index (κ3) is 3.39. The molecule has 1 atom stereocenters. The first-order valence-electron chi connectivity index (χ1n) is 9.48. The highest BCUT2D eigenvalue weighted by Gasteiger charge is 2.27. The summed E-state index contributed by atoms with van der Waals surface area (Å²) in [5, 5.41) is 4.74. The average Bonchev–Trinajstić information content (AvgIpc) is 3.36. The fourth-order valence-electron chi connectivity index (χ4n) is 3.81. The highest BCUT2D eigenvalue weighted by Crippen LogP contribution is 2.27. The van der Waals surface area contributed by atoms with Gasteiger partial charge in [0.2, 0.25) is 0 Å². The first-order valence-corrected chi connectivity index (χ1v) is 9.48. The van der Waals surface area contributed by atoms with Gasteiger partial charge in [0.15, 0.2) is 11.5 Å². The Labute approximate surface area is 162 Å². The van der Waals surface area contributed by atoms with Crippen molar-refractivity contribution >= 4 is 5.65 Å². The van der Waals surface area contributed by atoms with Gasteiger partial charge >= 0.3 is 0 Å². The third-order valence-electron chi connectivity index (χ3n) is 5.30. The summed E-state index contributed by atoms with van der Waals surface area (Å²) < 4.78 is 14.9. The molecule has 140 valence electrons. The number of hydrogen-bond acceptors (Lipinski definition) is 4. The standard InChI is InChI=1S/C22H20FN5/c23-20-6-3-16(4-7-20)13-27-11-9-19(14-27)22-25-21-8-5-18(15-28(21)26-22)17-2-1-10-24-12-17/h1-8,10,12,15,19H,9,11,13-14H2/t19-/m0/s1. The fraction of sp³-hybridized carbons (Fsp3) is 0.227. The maximum absolute atomic E-state index is 13.1. The zero-order valence-corrected chi connectivity index (χ0v) is 15.4. The highest BCUT2D eigenvalue weighted by molar-refractivity contribution is 5.63. The lowest BCUT2D eigenvalue weighted by molar-refractivity contribution is 0.325. The van der Waals surface area contributed by atoms with Crippen LogP contribution < -0.4 is 0 Å². The zero-order chi connectivity index (χ0) is 18.9. The van der Waals surface area contributed by atoms with Gasteiger partial charge in [-0.15, -0.1) is 0 Å². The van der Waals surface area contributed by atoms with Gasteiger partial charge in [0.05, 0.1) is 0 Å². The van der Waals surface area contributed by atoms with Gasteiger partial charge in [-0.3, -0.25) is 9.88 Å². The molecule has 6 heteroatoms. The van der Waals surface area contributed by atoms with E-state index in [0.717, 1.165) is 54.2 Å². The van der Waals surface area contributed by atoms with Crippen molar-refractivity contribution in [3.05, 3.63) is 84.3 Å². The average molecular weight is 373 g/mol. The molecule has 1 aromatic carbocycles. The van der Waals surface area contributed by atoms with Gasteiger partial charge in [-0.25, -0.2) is 13.9 Å². The number of rotatable bonds is 4. The second-order valence-corrected chi connectivity index (χ2v) is 7.28. The Morgan fingerprint density at radius 2 is 1.93 bits per heavy atom. The molecule has 0 saturated carbocycles. The van der Waals surface area contributed by atoms with E-state index in [9.17, 15) is 4.39 Å². The number of aromatic nitrogens is 4. The van der Waals surface area contributed by atoms with Gasteiger partial charge in [-0.1, -0.05) is 18.2 Å². The molecule has 1 saturated heterocycles. The summed E-state index contributed by atoms with van der Waals surface area (Å²) in [5.74, 6) is 1.02. The van der Waals surface area contributed by atoms with Gasteiger partial charge < -0.3 is 0 Å². The Hall–Kier alpha value is -3.12. The predicted octanol–water partition coefficient (Wildman–Crippen LogP) is 3.92. The fourth-order valence-corrected chi connectivity index (χ4v) is 3.81. The topological polar surface area (TPSA) is 46.3 Å². The summed E-state index contributed by atoms with van der Waals surface area (Å²) >= 11 is 0. The van der Waals surface area contributed by atoms with Crippen LogP contribution in [0.25, 0.3) is 16.8 Å². The van der Waals surface area contributed by atoms with Gasteiger partial charge in [0, 0.05) is 48.7 Å². The second-order valence-electron chi connectivity index (χ2n) is 7.28. The molecular weight excluding hydrogens is 353 g/mol. The summed E-state index contributed by atoms with van der Waals surface area (Å²) in [7, 11) is 0. The molecule has 1 aliphatic rings. The number of hydrogen-bond donors (Lipinski definition) is 0. The molecule has 4 heterocycles. The highest BCUT2D eigenvalue weighted by atomic mass is 19.1. The smallest absolute Gasteiger partial charge is 0.156 e. The molecule has 28 heavy (non-hydrogen) atoms. The van der Waals surface area contributed by atoms with Crippen LogP contribution in [-0.2, 0) is 6.54 Å². The number of benzene rings is 1. The third-order valence-corrected chi connectivity index (χ3v) is 5.30. The Morgan fingerprint density at radius 3 is 2.75 bits per heavy atom. The summed E-state index contributed by atoms with van der Waals surface area (Å²) in [6.45, 7) is 2.75. The molecule has 4 aromatic rings. The predicted molar refractivity (Wildman–Crippen MR) is 105 cm³/mol. The van der Waals surface area contributed by atoms with E-state index in [1.54, 1.807) is 6.20 Å².